The molecule has 2 aliphatic carbocycles. The van der Waals surface area contributed by atoms with Crippen molar-refractivity contribution in [3.05, 3.63) is 277 Å². The van der Waals surface area contributed by atoms with E-state index in [4.69, 9.17) is 9.97 Å². The molecule has 0 fully saturated rings. The topological polar surface area (TPSA) is 25.8 Å². The zero-order valence-corrected chi connectivity index (χ0v) is 38.6. The van der Waals surface area contributed by atoms with E-state index in [-0.39, 0.29) is 0 Å². The first-order valence-corrected chi connectivity index (χ1v) is 24.6. The van der Waals surface area contributed by atoms with Crippen molar-refractivity contribution in [3.8, 4) is 78.4 Å². The standard InChI is InChI=1S/C69H42N2/c1-3-21-44(22-4-1)64-53-31-11-12-32-54(53)65(58-39-38-43-20-7-8-25-46(43)66(58)64)55-41-40-52(47-26-9-10-27-48(47)55)62-42-63(71-68(70-62)45-23-5-2-6-24-45)57-34-19-33-56-51-30-15-18-37-61(51)69(67(56)57)59-35-16-13-28-49(59)50-29-14-17-36-60(50)69/h1-42H. The summed E-state index contributed by atoms with van der Waals surface area (Å²) >= 11 is 0. The molecule has 0 N–H and O–H groups in total. The molecular weight excluding hydrogens is 857 g/mol. The van der Waals surface area contributed by atoms with Gasteiger partial charge in [0.1, 0.15) is 0 Å². The van der Waals surface area contributed by atoms with Gasteiger partial charge >= 0.3 is 0 Å². The maximum atomic E-state index is 5.57. The molecule has 13 aromatic rings. The van der Waals surface area contributed by atoms with E-state index < -0.39 is 5.41 Å². The number of hydrogen-bond donors (Lipinski definition) is 0. The molecule has 2 nitrogen and oxygen atoms in total. The van der Waals surface area contributed by atoms with Gasteiger partial charge in [-0.05, 0) is 116 Å². The predicted octanol–water partition coefficient (Wildman–Crippen LogP) is 17.8. The molecule has 1 aromatic heterocycles. The van der Waals surface area contributed by atoms with Crippen LogP contribution in [-0.4, -0.2) is 9.97 Å². The number of aromatic nitrogens is 2. The van der Waals surface area contributed by atoms with E-state index in [1.54, 1.807) is 0 Å². The fourth-order valence-corrected chi connectivity index (χ4v) is 12.7. The third-order valence-corrected chi connectivity index (χ3v) is 15.5. The van der Waals surface area contributed by atoms with Gasteiger partial charge in [0, 0.05) is 16.7 Å². The molecule has 0 atom stereocenters. The van der Waals surface area contributed by atoms with Crippen LogP contribution in [0.25, 0.3) is 122 Å². The van der Waals surface area contributed by atoms with E-state index in [9.17, 15) is 0 Å². The average Bonchev–Trinajstić information content (AvgIpc) is 3.92. The second-order valence-electron chi connectivity index (χ2n) is 19.0. The minimum Gasteiger partial charge on any atom is -0.228 e. The minimum absolute atomic E-state index is 0.533. The molecule has 12 aromatic carbocycles. The van der Waals surface area contributed by atoms with Crippen molar-refractivity contribution in [2.45, 2.75) is 5.41 Å². The fraction of sp³-hybridized carbons (Fsp3) is 0.0145. The van der Waals surface area contributed by atoms with Crippen molar-refractivity contribution < 1.29 is 0 Å². The molecule has 0 amide bonds. The largest absolute Gasteiger partial charge is 0.228 e. The Morgan fingerprint density at radius 1 is 0.268 bits per heavy atom. The molecule has 0 saturated heterocycles. The van der Waals surface area contributed by atoms with Crippen LogP contribution < -0.4 is 0 Å². The van der Waals surface area contributed by atoms with Gasteiger partial charge < -0.3 is 0 Å². The molecule has 1 heterocycles. The second-order valence-corrected chi connectivity index (χ2v) is 19.0. The number of fused-ring (bicyclic) bond motifs is 15. The Hall–Kier alpha value is -9.24. The molecule has 0 aliphatic heterocycles. The van der Waals surface area contributed by atoms with Crippen molar-refractivity contribution in [1.82, 2.24) is 9.97 Å². The molecule has 0 saturated carbocycles. The lowest BCUT2D eigenvalue weighted by Gasteiger charge is -2.32. The summed E-state index contributed by atoms with van der Waals surface area (Å²) in [5, 5.41) is 9.76. The van der Waals surface area contributed by atoms with Gasteiger partial charge in [-0.25, -0.2) is 9.97 Å². The Bertz CT molecular complexity index is 4280. The molecule has 328 valence electrons. The van der Waals surface area contributed by atoms with Crippen LogP contribution in [0, 0.1) is 0 Å². The van der Waals surface area contributed by atoms with E-state index in [0.29, 0.717) is 5.82 Å². The van der Waals surface area contributed by atoms with Crippen LogP contribution in [0.15, 0.2) is 255 Å². The zero-order valence-electron chi connectivity index (χ0n) is 38.6. The fourth-order valence-electron chi connectivity index (χ4n) is 12.7. The Morgan fingerprint density at radius 3 is 1.39 bits per heavy atom. The maximum absolute atomic E-state index is 5.57. The van der Waals surface area contributed by atoms with Gasteiger partial charge in [-0.1, -0.05) is 249 Å². The molecular formula is C69H42N2. The normalized spacial score (nSPS) is 12.9. The first-order chi connectivity index (χ1) is 35.3. The summed E-state index contributed by atoms with van der Waals surface area (Å²) in [5.74, 6) is 0.695. The average molecular weight is 899 g/mol. The molecule has 0 bridgehead atoms. The van der Waals surface area contributed by atoms with E-state index in [0.717, 1.165) is 33.5 Å². The first-order valence-electron chi connectivity index (χ1n) is 24.6. The van der Waals surface area contributed by atoms with Crippen LogP contribution in [0.3, 0.4) is 0 Å². The summed E-state index contributed by atoms with van der Waals surface area (Å²) in [5.41, 5.74) is 19.6. The van der Waals surface area contributed by atoms with E-state index in [2.05, 4.69) is 255 Å². The maximum Gasteiger partial charge on any atom is 0.160 e. The Balaban J connectivity index is 1.00. The SMILES string of the molecule is c1ccc(-c2nc(-c3cccc4c3C3(c5ccccc5-c5ccccc53)c3ccccc3-4)cc(-c3ccc(-c4c5ccccc5c(-c5ccccc5)c5c4ccc4ccccc45)c4ccccc34)n2)cc1. The van der Waals surface area contributed by atoms with Crippen LogP contribution in [-0.2, 0) is 5.41 Å². The van der Waals surface area contributed by atoms with Gasteiger partial charge in [0.05, 0.1) is 16.8 Å². The molecule has 2 heteroatoms. The smallest absolute Gasteiger partial charge is 0.160 e. The summed E-state index contributed by atoms with van der Waals surface area (Å²) in [7, 11) is 0. The third kappa shape index (κ3) is 5.65. The minimum atomic E-state index is -0.533. The van der Waals surface area contributed by atoms with E-state index in [1.165, 1.54) is 104 Å². The van der Waals surface area contributed by atoms with E-state index >= 15 is 0 Å². The molecule has 71 heavy (non-hydrogen) atoms. The number of benzene rings is 12. The molecule has 15 rings (SSSR count). The van der Waals surface area contributed by atoms with Crippen LogP contribution in [0.4, 0.5) is 0 Å². The van der Waals surface area contributed by atoms with Crippen molar-refractivity contribution in [2.75, 3.05) is 0 Å². The number of nitrogens with zero attached hydrogens (tertiary/aromatic N) is 2. The van der Waals surface area contributed by atoms with Crippen LogP contribution in [0.5, 0.6) is 0 Å². The summed E-state index contributed by atoms with van der Waals surface area (Å²) in [4.78, 5) is 11.1. The molecule has 0 unspecified atom stereocenters. The van der Waals surface area contributed by atoms with Gasteiger partial charge in [-0.15, -0.1) is 0 Å². The van der Waals surface area contributed by atoms with Crippen LogP contribution in [0.1, 0.15) is 22.3 Å². The van der Waals surface area contributed by atoms with Gasteiger partial charge in [0.2, 0.25) is 0 Å². The van der Waals surface area contributed by atoms with Crippen molar-refractivity contribution in [2.24, 2.45) is 0 Å². The Kier molecular flexibility index (Phi) is 8.61. The lowest BCUT2D eigenvalue weighted by atomic mass is 9.69. The van der Waals surface area contributed by atoms with Crippen molar-refractivity contribution in [3.63, 3.8) is 0 Å². The van der Waals surface area contributed by atoms with Crippen LogP contribution >= 0.6 is 0 Å². The molecule has 0 radical (unpaired) electrons. The van der Waals surface area contributed by atoms with Gasteiger partial charge in [-0.3, -0.25) is 0 Å². The first kappa shape index (κ1) is 39.7. The summed E-state index contributed by atoms with van der Waals surface area (Å²) in [6.45, 7) is 0. The Labute approximate surface area is 411 Å². The van der Waals surface area contributed by atoms with Gasteiger partial charge in [-0.2, -0.15) is 0 Å². The lowest BCUT2D eigenvalue weighted by Crippen LogP contribution is -2.26. The quantitative estimate of drug-likeness (QED) is 0.127. The summed E-state index contributed by atoms with van der Waals surface area (Å²) < 4.78 is 0. The monoisotopic (exact) mass is 898 g/mol. The highest BCUT2D eigenvalue weighted by Crippen LogP contribution is 2.64. The second kappa shape index (κ2) is 15.4. The Morgan fingerprint density at radius 2 is 0.732 bits per heavy atom. The highest BCUT2D eigenvalue weighted by Gasteiger charge is 2.52. The van der Waals surface area contributed by atoms with Crippen LogP contribution in [0.2, 0.25) is 0 Å². The number of rotatable bonds is 5. The highest BCUT2D eigenvalue weighted by atomic mass is 14.9. The summed E-state index contributed by atoms with van der Waals surface area (Å²) in [6.07, 6.45) is 0. The third-order valence-electron chi connectivity index (χ3n) is 15.5. The predicted molar refractivity (Wildman–Crippen MR) is 296 cm³/mol. The van der Waals surface area contributed by atoms with Crippen molar-refractivity contribution >= 4 is 43.1 Å². The molecule has 2 aliphatic rings. The number of hydrogen-bond acceptors (Lipinski definition) is 2. The van der Waals surface area contributed by atoms with Crippen molar-refractivity contribution in [1.29, 1.82) is 0 Å². The van der Waals surface area contributed by atoms with E-state index in [1.807, 2.05) is 0 Å². The molecule has 1 spiro atoms. The lowest BCUT2D eigenvalue weighted by molar-refractivity contribution is 0.795. The highest BCUT2D eigenvalue weighted by molar-refractivity contribution is 6.29. The van der Waals surface area contributed by atoms with Gasteiger partial charge in [0.25, 0.3) is 0 Å². The summed E-state index contributed by atoms with van der Waals surface area (Å²) in [6, 6.07) is 93.5. The zero-order chi connectivity index (χ0) is 46.6. The van der Waals surface area contributed by atoms with Gasteiger partial charge in [0.15, 0.2) is 5.82 Å².